The summed E-state index contributed by atoms with van der Waals surface area (Å²) in [5.74, 6) is -1.49. The summed E-state index contributed by atoms with van der Waals surface area (Å²) in [6.45, 7) is 0. The van der Waals surface area contributed by atoms with Crippen molar-refractivity contribution in [2.24, 2.45) is 0 Å². The molecule has 2 aliphatic rings. The summed E-state index contributed by atoms with van der Waals surface area (Å²) in [5.41, 5.74) is 0.386. The number of carboxylic acid groups (broad SMARTS) is 1. The number of thiophene rings is 1. The van der Waals surface area contributed by atoms with E-state index in [0.717, 1.165) is 13.8 Å². The molecule has 178 valence electrons. The van der Waals surface area contributed by atoms with Gasteiger partial charge < -0.3 is 10.4 Å². The van der Waals surface area contributed by atoms with Gasteiger partial charge in [-0.25, -0.2) is 4.79 Å². The van der Waals surface area contributed by atoms with E-state index < -0.39 is 23.3 Å². The van der Waals surface area contributed by atoms with Crippen LogP contribution < -0.4 is 10.7 Å². The molecule has 7 nitrogen and oxygen atoms in total. The van der Waals surface area contributed by atoms with Crippen LogP contribution in [0.1, 0.15) is 4.88 Å². The van der Waals surface area contributed by atoms with Crippen LogP contribution >= 0.6 is 46.2 Å². The summed E-state index contributed by atoms with van der Waals surface area (Å²) >= 11 is 5.70. The monoisotopic (exact) mass is 542 g/mol. The van der Waals surface area contributed by atoms with Gasteiger partial charge in [0.25, 0.3) is 5.91 Å². The molecule has 0 spiro atoms. The maximum absolute atomic E-state index is 12.8. The van der Waals surface area contributed by atoms with Gasteiger partial charge in [-0.2, -0.15) is 0 Å². The Labute approximate surface area is 216 Å². The summed E-state index contributed by atoms with van der Waals surface area (Å²) in [4.78, 5) is 51.7. The third-order valence-electron chi connectivity index (χ3n) is 5.50. The van der Waals surface area contributed by atoms with Gasteiger partial charge in [0.2, 0.25) is 5.91 Å². The number of thioether (sulfide) groups is 2. The number of nitrogens with one attached hydrogen (secondary N) is 1. The zero-order chi connectivity index (χ0) is 24.5. The van der Waals surface area contributed by atoms with Crippen molar-refractivity contribution in [1.29, 1.82) is 0 Å². The molecule has 1 fully saturated rings. The molecule has 3 aromatic rings. The van der Waals surface area contributed by atoms with Crippen LogP contribution in [-0.2, 0) is 20.8 Å². The van der Waals surface area contributed by atoms with Crippen LogP contribution in [0.15, 0.2) is 79.6 Å². The average Bonchev–Trinajstić information content (AvgIpc) is 3.35. The zero-order valence-corrected chi connectivity index (χ0v) is 21.3. The van der Waals surface area contributed by atoms with Crippen molar-refractivity contribution in [2.75, 3.05) is 5.75 Å². The van der Waals surface area contributed by atoms with Crippen molar-refractivity contribution >= 4 is 74.1 Å². The lowest BCUT2D eigenvalue weighted by Crippen LogP contribution is -2.70. The van der Waals surface area contributed by atoms with Crippen molar-refractivity contribution < 1.29 is 19.5 Å². The second-order valence-corrected chi connectivity index (χ2v) is 12.2. The SMILES string of the molecule is O=C(Cc1cccs1)NC1C(=O)N2C(C(=O)O)=C(C=CSc3cc(=O)c4ccccc4s3)CS[C@H]12. The van der Waals surface area contributed by atoms with Crippen LogP contribution in [0.4, 0.5) is 0 Å². The highest BCUT2D eigenvalue weighted by Crippen LogP contribution is 2.41. The first kappa shape index (κ1) is 23.9. The lowest BCUT2D eigenvalue weighted by atomic mass is 10.0. The Morgan fingerprint density at radius 1 is 1.20 bits per heavy atom. The molecule has 0 bridgehead atoms. The number of nitrogens with zero attached hydrogens (tertiary/aromatic N) is 1. The number of β-lactam (4-membered cyclic amide) rings is 1. The highest BCUT2D eigenvalue weighted by atomic mass is 32.2. The first-order chi connectivity index (χ1) is 16.9. The molecule has 2 atom stereocenters. The molecule has 2 N–H and O–H groups in total. The van der Waals surface area contributed by atoms with Crippen molar-refractivity contribution in [3.8, 4) is 0 Å². The van der Waals surface area contributed by atoms with Gasteiger partial charge >= 0.3 is 5.97 Å². The molecule has 0 saturated carbocycles. The molecule has 0 aliphatic carbocycles. The van der Waals surface area contributed by atoms with Crippen LogP contribution in [0.25, 0.3) is 10.1 Å². The summed E-state index contributed by atoms with van der Waals surface area (Å²) < 4.78 is 1.67. The number of aliphatic carboxylic acids is 1. The quantitative estimate of drug-likeness (QED) is 0.345. The number of amides is 2. The molecule has 4 heterocycles. The zero-order valence-electron chi connectivity index (χ0n) is 18.0. The topological polar surface area (TPSA) is 104 Å². The Kier molecular flexibility index (Phi) is 6.83. The summed E-state index contributed by atoms with van der Waals surface area (Å²) in [5, 5.41) is 16.4. The molecule has 2 aromatic heterocycles. The molecule has 2 aliphatic heterocycles. The lowest BCUT2D eigenvalue weighted by molar-refractivity contribution is -0.150. The Hall–Kier alpha value is -2.86. The number of carbonyl (C=O) groups excluding carboxylic acids is 2. The molecule has 0 radical (unpaired) electrons. The Morgan fingerprint density at radius 3 is 2.80 bits per heavy atom. The van der Waals surface area contributed by atoms with Crippen LogP contribution in [0.3, 0.4) is 0 Å². The maximum Gasteiger partial charge on any atom is 0.352 e. The predicted molar refractivity (Wildman–Crippen MR) is 141 cm³/mol. The number of allylic oxidation sites excluding steroid dienone is 1. The fraction of sp³-hybridized carbons (Fsp3) is 0.167. The van der Waals surface area contributed by atoms with Crippen molar-refractivity contribution in [2.45, 2.75) is 22.0 Å². The number of rotatable bonds is 7. The summed E-state index contributed by atoms with van der Waals surface area (Å²) in [7, 11) is 0. The molecule has 1 saturated heterocycles. The minimum absolute atomic E-state index is 0.0601. The van der Waals surface area contributed by atoms with Gasteiger partial charge in [0.1, 0.15) is 17.1 Å². The van der Waals surface area contributed by atoms with Gasteiger partial charge in [-0.05, 0) is 40.6 Å². The van der Waals surface area contributed by atoms with E-state index in [4.69, 9.17) is 0 Å². The molecule has 5 rings (SSSR count). The van der Waals surface area contributed by atoms with Gasteiger partial charge in [-0.15, -0.1) is 34.4 Å². The predicted octanol–water partition coefficient (Wildman–Crippen LogP) is 3.91. The summed E-state index contributed by atoms with van der Waals surface area (Å²) in [6.07, 6.45) is 1.87. The van der Waals surface area contributed by atoms with Gasteiger partial charge in [0, 0.05) is 26.8 Å². The molecular formula is C24H18N2O5S4. The highest BCUT2D eigenvalue weighted by Gasteiger charge is 2.53. The van der Waals surface area contributed by atoms with Crippen LogP contribution in [-0.4, -0.2) is 45.0 Å². The third kappa shape index (κ3) is 4.81. The first-order valence-corrected chi connectivity index (χ1v) is 14.1. The molecule has 1 unspecified atom stereocenters. The maximum atomic E-state index is 12.8. The number of carbonyl (C=O) groups is 3. The number of carboxylic acids is 1. The normalized spacial score (nSPS) is 19.7. The molecule has 11 heteroatoms. The molecule has 35 heavy (non-hydrogen) atoms. The van der Waals surface area contributed by atoms with E-state index in [1.54, 1.807) is 23.6 Å². The second-order valence-electron chi connectivity index (χ2n) is 7.74. The van der Waals surface area contributed by atoms with Gasteiger partial charge in [0.05, 0.1) is 10.6 Å². The van der Waals surface area contributed by atoms with Crippen LogP contribution in [0.5, 0.6) is 0 Å². The Bertz CT molecular complexity index is 1440. The molecule has 1 aromatic carbocycles. The minimum atomic E-state index is -1.19. The molecular weight excluding hydrogens is 525 g/mol. The summed E-state index contributed by atoms with van der Waals surface area (Å²) in [6, 6.07) is 11.9. The van der Waals surface area contributed by atoms with Crippen molar-refractivity contribution in [1.82, 2.24) is 10.2 Å². The number of hydrogen-bond donors (Lipinski definition) is 2. The van der Waals surface area contributed by atoms with E-state index in [9.17, 15) is 24.3 Å². The van der Waals surface area contributed by atoms with E-state index in [-0.39, 0.29) is 23.5 Å². The van der Waals surface area contributed by atoms with Crippen LogP contribution in [0.2, 0.25) is 0 Å². The number of benzene rings is 1. The molecule has 2 amide bonds. The van der Waals surface area contributed by atoms with E-state index in [1.165, 1.54) is 51.1 Å². The van der Waals surface area contributed by atoms with E-state index in [2.05, 4.69) is 5.32 Å². The van der Waals surface area contributed by atoms with Crippen molar-refractivity contribution in [3.63, 3.8) is 0 Å². The fourth-order valence-electron chi connectivity index (χ4n) is 3.89. The van der Waals surface area contributed by atoms with E-state index in [0.29, 0.717) is 16.7 Å². The van der Waals surface area contributed by atoms with Crippen molar-refractivity contribution in [3.05, 3.63) is 85.7 Å². The van der Waals surface area contributed by atoms with E-state index in [1.807, 2.05) is 35.7 Å². The Balaban J connectivity index is 1.30. The lowest BCUT2D eigenvalue weighted by Gasteiger charge is -2.49. The van der Waals surface area contributed by atoms with Gasteiger partial charge in [-0.1, -0.05) is 30.0 Å². The fourth-order valence-corrected chi connectivity index (χ4v) is 7.89. The van der Waals surface area contributed by atoms with Crippen LogP contribution in [0, 0.1) is 0 Å². The highest BCUT2D eigenvalue weighted by molar-refractivity contribution is 8.04. The van der Waals surface area contributed by atoms with E-state index >= 15 is 0 Å². The Morgan fingerprint density at radius 2 is 2.03 bits per heavy atom. The third-order valence-corrected chi connectivity index (χ3v) is 9.73. The standard InChI is InChI=1S/C24H18N2O5S4/c27-16-11-19(35-17-6-2-1-5-15(16)17)33-9-7-13-12-34-23-20(22(29)26(23)21(13)24(30)31)25-18(28)10-14-4-3-8-32-14/h1-9,11,20,23H,10,12H2,(H,25,28)(H,30,31)/t20?,23-/m1/s1. The second kappa shape index (κ2) is 10.0. The average molecular weight is 543 g/mol. The van der Waals surface area contributed by atoms with Gasteiger partial charge in [0.15, 0.2) is 5.43 Å². The number of hydrogen-bond acceptors (Lipinski definition) is 8. The first-order valence-electron chi connectivity index (χ1n) is 10.5. The smallest absolute Gasteiger partial charge is 0.352 e. The minimum Gasteiger partial charge on any atom is -0.477 e. The van der Waals surface area contributed by atoms with Gasteiger partial charge in [-0.3, -0.25) is 19.3 Å². The number of fused-ring (bicyclic) bond motifs is 2. The largest absolute Gasteiger partial charge is 0.477 e.